The maximum atomic E-state index is 12.5. The number of anilines is 1. The monoisotopic (exact) mass is 374 g/mol. The van der Waals surface area contributed by atoms with E-state index in [1.54, 1.807) is 42.6 Å². The molecular weight excluding hydrogens is 359 g/mol. The van der Waals surface area contributed by atoms with E-state index in [0.717, 1.165) is 5.56 Å². The van der Waals surface area contributed by atoms with Gasteiger partial charge in [0.25, 0.3) is 0 Å². The van der Waals surface area contributed by atoms with E-state index in [9.17, 15) is 4.79 Å². The van der Waals surface area contributed by atoms with Crippen molar-refractivity contribution in [2.45, 2.75) is 6.04 Å². The minimum Gasteiger partial charge on any atom is -0.336 e. The van der Waals surface area contributed by atoms with Crippen molar-refractivity contribution < 1.29 is 4.79 Å². The van der Waals surface area contributed by atoms with E-state index < -0.39 is 6.04 Å². The number of aryl methyl sites for hydroxylation is 1. The summed E-state index contributed by atoms with van der Waals surface area (Å²) in [4.78, 5) is 16.8. The number of hydrogen-bond acceptors (Lipinski definition) is 2. The molecule has 0 bridgehead atoms. The Morgan fingerprint density at radius 1 is 1.12 bits per heavy atom. The van der Waals surface area contributed by atoms with E-state index in [4.69, 9.17) is 23.2 Å². The van der Waals surface area contributed by atoms with Crippen molar-refractivity contribution in [1.82, 2.24) is 14.9 Å². The second-order valence-corrected chi connectivity index (χ2v) is 6.36. The van der Waals surface area contributed by atoms with Gasteiger partial charge in [0, 0.05) is 35.2 Å². The van der Waals surface area contributed by atoms with Crippen LogP contribution in [0.5, 0.6) is 0 Å². The molecule has 0 aliphatic heterocycles. The van der Waals surface area contributed by atoms with Gasteiger partial charge in [-0.25, -0.2) is 9.78 Å². The summed E-state index contributed by atoms with van der Waals surface area (Å²) < 4.78 is 1.86. The van der Waals surface area contributed by atoms with Gasteiger partial charge < -0.3 is 15.2 Å². The van der Waals surface area contributed by atoms with Gasteiger partial charge in [0.15, 0.2) is 0 Å². The van der Waals surface area contributed by atoms with Crippen LogP contribution < -0.4 is 10.6 Å². The van der Waals surface area contributed by atoms with Crippen LogP contribution in [0.1, 0.15) is 17.4 Å². The van der Waals surface area contributed by atoms with Crippen LogP contribution in [0.15, 0.2) is 60.9 Å². The highest BCUT2D eigenvalue weighted by atomic mass is 35.5. The van der Waals surface area contributed by atoms with E-state index in [2.05, 4.69) is 15.6 Å². The van der Waals surface area contributed by atoms with E-state index >= 15 is 0 Å². The Kier molecular flexibility index (Phi) is 5.26. The molecule has 25 heavy (non-hydrogen) atoms. The molecule has 7 heteroatoms. The zero-order valence-corrected chi connectivity index (χ0v) is 14.9. The summed E-state index contributed by atoms with van der Waals surface area (Å²) >= 11 is 11.9. The molecule has 0 saturated carbocycles. The highest BCUT2D eigenvalue weighted by Crippen LogP contribution is 2.23. The fourth-order valence-corrected chi connectivity index (χ4v) is 2.79. The first-order valence-corrected chi connectivity index (χ1v) is 8.34. The molecule has 2 aromatic carbocycles. The molecule has 0 aliphatic rings. The lowest BCUT2D eigenvalue weighted by atomic mass is 10.1. The number of rotatable bonds is 4. The minimum atomic E-state index is -0.420. The van der Waals surface area contributed by atoms with Crippen LogP contribution >= 0.6 is 23.2 Å². The maximum absolute atomic E-state index is 12.5. The molecule has 0 aliphatic carbocycles. The average Bonchev–Trinajstić information content (AvgIpc) is 2.99. The maximum Gasteiger partial charge on any atom is 0.320 e. The van der Waals surface area contributed by atoms with Gasteiger partial charge >= 0.3 is 6.03 Å². The standard InChI is InChI=1S/C18H16Cl2N4O/c1-24-10-9-21-17(24)16(12-5-7-13(19)8-6-12)23-18(25)22-15-4-2-3-14(20)11-15/h2-11,16H,1H3,(H2,22,23,25). The van der Waals surface area contributed by atoms with Crippen molar-refractivity contribution in [3.05, 3.63) is 82.4 Å². The molecule has 128 valence electrons. The SMILES string of the molecule is Cn1ccnc1C(NC(=O)Nc1cccc(Cl)c1)c1ccc(Cl)cc1. The largest absolute Gasteiger partial charge is 0.336 e. The van der Waals surface area contributed by atoms with Crippen molar-refractivity contribution in [1.29, 1.82) is 0 Å². The summed E-state index contributed by atoms with van der Waals surface area (Å²) in [5.41, 5.74) is 1.49. The van der Waals surface area contributed by atoms with Crippen molar-refractivity contribution in [3.63, 3.8) is 0 Å². The molecule has 0 radical (unpaired) electrons. The highest BCUT2D eigenvalue weighted by molar-refractivity contribution is 6.31. The second-order valence-electron chi connectivity index (χ2n) is 5.49. The molecule has 5 nitrogen and oxygen atoms in total. The van der Waals surface area contributed by atoms with Crippen molar-refractivity contribution in [2.24, 2.45) is 7.05 Å². The molecule has 2 amide bonds. The second kappa shape index (κ2) is 7.59. The van der Waals surface area contributed by atoms with Gasteiger partial charge in [-0.1, -0.05) is 41.4 Å². The summed E-state index contributed by atoms with van der Waals surface area (Å²) in [6, 6.07) is 13.5. The number of hydrogen-bond donors (Lipinski definition) is 2. The van der Waals surface area contributed by atoms with Crippen LogP contribution in [0, 0.1) is 0 Å². The minimum absolute atomic E-state index is 0.356. The number of urea groups is 1. The van der Waals surface area contributed by atoms with Gasteiger partial charge in [0.1, 0.15) is 11.9 Å². The molecule has 3 aromatic rings. The lowest BCUT2D eigenvalue weighted by molar-refractivity contribution is 0.249. The number of amides is 2. The predicted molar refractivity (Wildman–Crippen MR) is 100 cm³/mol. The molecule has 1 atom stereocenters. The number of aromatic nitrogens is 2. The van der Waals surface area contributed by atoms with Crippen LogP contribution in [0.3, 0.4) is 0 Å². The van der Waals surface area contributed by atoms with Gasteiger partial charge in [-0.15, -0.1) is 0 Å². The van der Waals surface area contributed by atoms with E-state index in [0.29, 0.717) is 21.6 Å². The number of halogens is 2. The number of carbonyl (C=O) groups excluding carboxylic acids is 1. The summed E-state index contributed by atoms with van der Waals surface area (Å²) in [5, 5.41) is 6.90. The summed E-state index contributed by atoms with van der Waals surface area (Å²) in [6.07, 6.45) is 3.52. The Hall–Kier alpha value is -2.50. The van der Waals surface area contributed by atoms with Crippen LogP contribution in [-0.4, -0.2) is 15.6 Å². The first-order valence-electron chi connectivity index (χ1n) is 7.59. The van der Waals surface area contributed by atoms with Crippen LogP contribution in [0.25, 0.3) is 0 Å². The van der Waals surface area contributed by atoms with Gasteiger partial charge in [-0.2, -0.15) is 0 Å². The van der Waals surface area contributed by atoms with Crippen molar-refractivity contribution in [3.8, 4) is 0 Å². The Morgan fingerprint density at radius 3 is 2.52 bits per heavy atom. The number of nitrogens with zero attached hydrogens (tertiary/aromatic N) is 2. The fourth-order valence-electron chi connectivity index (χ4n) is 2.47. The molecule has 1 heterocycles. The third kappa shape index (κ3) is 4.32. The van der Waals surface area contributed by atoms with E-state index in [1.807, 2.05) is 29.9 Å². The number of carbonyl (C=O) groups is 1. The summed E-state index contributed by atoms with van der Waals surface area (Å²) in [6.45, 7) is 0. The summed E-state index contributed by atoms with van der Waals surface area (Å²) in [5.74, 6) is 0.712. The predicted octanol–water partition coefficient (Wildman–Crippen LogP) is 4.64. The Labute approximate surface area is 155 Å². The van der Waals surface area contributed by atoms with Gasteiger partial charge in [0.05, 0.1) is 0 Å². The van der Waals surface area contributed by atoms with Gasteiger partial charge in [0.2, 0.25) is 0 Å². The molecular formula is C18H16Cl2N4O. The van der Waals surface area contributed by atoms with Crippen LogP contribution in [0.2, 0.25) is 10.0 Å². The zero-order valence-electron chi connectivity index (χ0n) is 13.4. The number of benzene rings is 2. The first-order chi connectivity index (χ1) is 12.0. The first kappa shape index (κ1) is 17.3. The Balaban J connectivity index is 1.83. The quantitative estimate of drug-likeness (QED) is 0.698. The molecule has 1 aromatic heterocycles. The van der Waals surface area contributed by atoms with Gasteiger partial charge in [-0.3, -0.25) is 0 Å². The molecule has 3 rings (SSSR count). The smallest absolute Gasteiger partial charge is 0.320 e. The van der Waals surface area contributed by atoms with Crippen molar-refractivity contribution >= 4 is 34.9 Å². The lowest BCUT2D eigenvalue weighted by Crippen LogP contribution is -2.34. The third-order valence-electron chi connectivity index (χ3n) is 3.68. The topological polar surface area (TPSA) is 59.0 Å². The molecule has 0 spiro atoms. The Bertz CT molecular complexity index is 877. The van der Waals surface area contributed by atoms with E-state index in [-0.39, 0.29) is 6.03 Å². The zero-order chi connectivity index (χ0) is 17.8. The van der Waals surface area contributed by atoms with Gasteiger partial charge in [-0.05, 0) is 35.9 Å². The van der Waals surface area contributed by atoms with Crippen LogP contribution in [-0.2, 0) is 7.05 Å². The number of imidazole rings is 1. The summed E-state index contributed by atoms with van der Waals surface area (Å²) in [7, 11) is 1.88. The molecule has 1 unspecified atom stereocenters. The average molecular weight is 375 g/mol. The fraction of sp³-hybridized carbons (Fsp3) is 0.111. The third-order valence-corrected chi connectivity index (χ3v) is 4.16. The van der Waals surface area contributed by atoms with Crippen LogP contribution in [0.4, 0.5) is 10.5 Å². The lowest BCUT2D eigenvalue weighted by Gasteiger charge is -2.19. The van der Waals surface area contributed by atoms with Crippen molar-refractivity contribution in [2.75, 3.05) is 5.32 Å². The molecule has 0 saturated heterocycles. The molecule has 2 N–H and O–H groups in total. The Morgan fingerprint density at radius 2 is 1.88 bits per heavy atom. The normalized spacial score (nSPS) is 11.8. The number of nitrogens with one attached hydrogen (secondary N) is 2. The molecule has 0 fully saturated rings. The highest BCUT2D eigenvalue weighted by Gasteiger charge is 2.20. The van der Waals surface area contributed by atoms with E-state index in [1.165, 1.54) is 0 Å².